The van der Waals surface area contributed by atoms with E-state index in [9.17, 15) is 32.4 Å². The lowest BCUT2D eigenvalue weighted by molar-refractivity contribution is -0.141. The van der Waals surface area contributed by atoms with E-state index in [0.29, 0.717) is 38.8 Å². The monoisotopic (exact) mass is 727 g/mol. The molecular weight excluding hydrogens is 678 g/mol. The van der Waals surface area contributed by atoms with Crippen molar-refractivity contribution < 1.29 is 41.9 Å². The molecule has 0 radical (unpaired) electrons. The number of hydrogen-bond acceptors (Lipinski definition) is 9. The third-order valence-electron chi connectivity index (χ3n) is 10.7. The van der Waals surface area contributed by atoms with Gasteiger partial charge in [-0.15, -0.1) is 6.58 Å². The Kier molecular flexibility index (Phi) is 10.9. The minimum atomic E-state index is -3.90. The van der Waals surface area contributed by atoms with Crippen LogP contribution < -0.4 is 15.4 Å². The van der Waals surface area contributed by atoms with Crippen LogP contribution in [0.5, 0.6) is 0 Å². The number of carbonyl (C=O) groups excluding carboxylic acids is 5. The molecule has 4 bridgehead atoms. The lowest BCUT2D eigenvalue weighted by Crippen LogP contribution is -2.58. The van der Waals surface area contributed by atoms with E-state index in [0.717, 1.165) is 43.2 Å². The molecule has 278 valence electrons. The Morgan fingerprint density at radius 3 is 2.59 bits per heavy atom. The number of aryl methyl sites for hydroxylation is 1. The summed E-state index contributed by atoms with van der Waals surface area (Å²) in [5, 5.41) is 4.80. The number of benzene rings is 1. The van der Waals surface area contributed by atoms with E-state index in [1.807, 2.05) is 19.1 Å². The predicted molar refractivity (Wildman–Crippen MR) is 185 cm³/mol. The highest BCUT2D eigenvalue weighted by Gasteiger charge is 2.62. The van der Waals surface area contributed by atoms with Crippen molar-refractivity contribution in [2.75, 3.05) is 13.2 Å². The van der Waals surface area contributed by atoms with Crippen LogP contribution in [0.15, 0.2) is 30.9 Å². The summed E-state index contributed by atoms with van der Waals surface area (Å²) in [7, 11) is -3.90. The second-order valence-corrected chi connectivity index (χ2v) is 16.4. The first-order valence-corrected chi connectivity index (χ1v) is 19.8. The number of cyclic esters (lactones) is 1. The number of rotatable bonds is 9. The summed E-state index contributed by atoms with van der Waals surface area (Å²) in [6, 6.07) is 3.89. The van der Waals surface area contributed by atoms with Crippen LogP contribution in [-0.4, -0.2) is 90.3 Å². The number of amides is 5. The van der Waals surface area contributed by atoms with Gasteiger partial charge in [-0.1, -0.05) is 56.9 Å². The van der Waals surface area contributed by atoms with Gasteiger partial charge in [-0.3, -0.25) is 24.0 Å². The summed E-state index contributed by atoms with van der Waals surface area (Å²) >= 11 is 0. The molecule has 6 rings (SSSR count). The van der Waals surface area contributed by atoms with Crippen LogP contribution in [0.25, 0.3) is 0 Å². The standard InChI is InChI=1S/C36H49N5O9S/c1-3-5-14-29-32(43)41-21-26(18-30(41)31(42)38-36(19-25(36)4-2)33(44)39-51(47,48)27-15-16-27)50-35(46)40-20-24-13-10-12-23(28(24)22-40)11-8-6-7-9-17-49-34(45)37-29/h4,10,12-13,25-27,29-30H,2-3,5-9,11,14-22H2,1H3,(H,37,45)(H,38,42)(H,39,44)/t25-,26+,29-,30-,36+/m0/s1. The number of alkyl carbamates (subject to hydrolysis) is 1. The molecule has 2 saturated carbocycles. The Morgan fingerprint density at radius 2 is 1.86 bits per heavy atom. The average molecular weight is 728 g/mol. The van der Waals surface area contributed by atoms with Gasteiger partial charge in [-0.2, -0.15) is 0 Å². The zero-order valence-electron chi connectivity index (χ0n) is 29.2. The fourth-order valence-corrected chi connectivity index (χ4v) is 8.82. The molecule has 0 aromatic heterocycles. The van der Waals surface area contributed by atoms with Gasteiger partial charge in [0, 0.05) is 25.4 Å². The van der Waals surface area contributed by atoms with Crippen molar-refractivity contribution >= 4 is 39.9 Å². The molecule has 3 N–H and O–H groups in total. The van der Waals surface area contributed by atoms with Crippen LogP contribution in [0, 0.1) is 5.92 Å². The Hall–Kier alpha value is -4.14. The first-order valence-electron chi connectivity index (χ1n) is 18.2. The number of ether oxygens (including phenoxy) is 2. The van der Waals surface area contributed by atoms with E-state index in [-0.39, 0.29) is 32.4 Å². The lowest BCUT2D eigenvalue weighted by atomic mass is 9.98. The summed E-state index contributed by atoms with van der Waals surface area (Å²) < 4.78 is 38.8. The first-order chi connectivity index (χ1) is 24.5. The molecule has 0 unspecified atom stereocenters. The maximum absolute atomic E-state index is 14.2. The molecule has 5 atom stereocenters. The van der Waals surface area contributed by atoms with Crippen molar-refractivity contribution in [2.24, 2.45) is 5.92 Å². The molecule has 14 nitrogen and oxygen atoms in total. The van der Waals surface area contributed by atoms with Crippen LogP contribution in [0.4, 0.5) is 9.59 Å². The SMILES string of the molecule is C=C[C@H]1C[C@]1(NC(=O)[C@@H]1C[C@@H]2CN1C(=O)[C@H](CCCC)NC(=O)OCCCCCCc1cccc3c1CN(C3)C(=O)O2)C(=O)NS(=O)(=O)C1CC1. The quantitative estimate of drug-likeness (QED) is 0.322. The molecule has 51 heavy (non-hydrogen) atoms. The highest BCUT2D eigenvalue weighted by molar-refractivity contribution is 7.91. The van der Waals surface area contributed by atoms with Crippen molar-refractivity contribution in [2.45, 2.75) is 126 Å². The van der Waals surface area contributed by atoms with Crippen molar-refractivity contribution in [3.05, 3.63) is 47.5 Å². The van der Waals surface area contributed by atoms with E-state index in [4.69, 9.17) is 9.47 Å². The topological polar surface area (TPSA) is 181 Å². The molecule has 1 aromatic rings. The Bertz CT molecular complexity index is 1660. The molecule has 3 heterocycles. The third-order valence-corrected chi connectivity index (χ3v) is 12.5. The van der Waals surface area contributed by atoms with Crippen molar-refractivity contribution in [1.82, 2.24) is 25.2 Å². The van der Waals surface area contributed by atoms with Gasteiger partial charge in [-0.25, -0.2) is 18.0 Å². The van der Waals surface area contributed by atoms with E-state index in [1.165, 1.54) is 16.5 Å². The van der Waals surface area contributed by atoms with E-state index in [1.54, 1.807) is 4.90 Å². The summed E-state index contributed by atoms with van der Waals surface area (Å²) in [6.07, 6.45) is 6.27. The molecule has 5 amide bonds. The smallest absolute Gasteiger partial charge is 0.410 e. The van der Waals surface area contributed by atoms with Crippen LogP contribution in [-0.2, 0) is 53.4 Å². The fourth-order valence-electron chi connectivity index (χ4n) is 7.45. The van der Waals surface area contributed by atoms with Crippen molar-refractivity contribution in [3.63, 3.8) is 0 Å². The number of nitrogens with one attached hydrogen (secondary N) is 3. The first kappa shape index (κ1) is 36.6. The maximum Gasteiger partial charge on any atom is 0.410 e. The lowest BCUT2D eigenvalue weighted by Gasteiger charge is -2.29. The van der Waals surface area contributed by atoms with Gasteiger partial charge in [0.15, 0.2) is 0 Å². The van der Waals surface area contributed by atoms with Crippen LogP contribution in [0.3, 0.4) is 0 Å². The van der Waals surface area contributed by atoms with E-state index < -0.39 is 74.8 Å². The van der Waals surface area contributed by atoms with E-state index in [2.05, 4.69) is 28.0 Å². The number of unbranched alkanes of at least 4 members (excludes halogenated alkanes) is 1. The minimum absolute atomic E-state index is 0.0584. The molecule has 3 aliphatic heterocycles. The van der Waals surface area contributed by atoms with Gasteiger partial charge >= 0.3 is 12.2 Å². The fraction of sp³-hybridized carbons (Fsp3) is 0.639. The summed E-state index contributed by atoms with van der Waals surface area (Å²) in [6.45, 7) is 6.57. The second kappa shape index (κ2) is 15.2. The van der Waals surface area contributed by atoms with E-state index >= 15 is 0 Å². The van der Waals surface area contributed by atoms with Gasteiger partial charge in [0.05, 0.1) is 18.4 Å². The number of nitrogens with zero attached hydrogens (tertiary/aromatic N) is 2. The number of fused-ring (bicyclic) bond motifs is 3. The predicted octanol–water partition coefficient (Wildman–Crippen LogP) is 3.18. The summed E-state index contributed by atoms with van der Waals surface area (Å²) in [5.41, 5.74) is 1.79. The zero-order chi connectivity index (χ0) is 36.3. The van der Waals surface area contributed by atoms with Crippen molar-refractivity contribution in [3.8, 4) is 0 Å². The zero-order valence-corrected chi connectivity index (χ0v) is 30.0. The number of sulfonamides is 1. The average Bonchev–Trinajstić information content (AvgIpc) is 3.99. The van der Waals surface area contributed by atoms with Crippen molar-refractivity contribution in [1.29, 1.82) is 0 Å². The Morgan fingerprint density at radius 1 is 1.10 bits per heavy atom. The summed E-state index contributed by atoms with van der Waals surface area (Å²) in [4.78, 5) is 71.1. The van der Waals surface area contributed by atoms with Gasteiger partial charge in [0.1, 0.15) is 23.7 Å². The van der Waals surface area contributed by atoms with Crippen LogP contribution in [0.2, 0.25) is 0 Å². The highest BCUT2D eigenvalue weighted by atomic mass is 32.2. The largest absolute Gasteiger partial charge is 0.450 e. The molecule has 0 spiro atoms. The molecule has 5 aliphatic rings. The maximum atomic E-state index is 14.2. The number of carbonyl (C=O) groups is 5. The van der Waals surface area contributed by atoms with Crippen LogP contribution in [0.1, 0.15) is 94.2 Å². The Labute approximate surface area is 299 Å². The third kappa shape index (κ3) is 8.18. The molecule has 15 heteroatoms. The molecular formula is C36H49N5O9S. The van der Waals surface area contributed by atoms with Crippen LogP contribution >= 0.6 is 0 Å². The van der Waals surface area contributed by atoms with Gasteiger partial charge in [-0.05, 0) is 61.6 Å². The van der Waals surface area contributed by atoms with Gasteiger partial charge in [0.25, 0.3) is 5.91 Å². The molecule has 2 aliphatic carbocycles. The highest BCUT2D eigenvalue weighted by Crippen LogP contribution is 2.45. The molecule has 1 saturated heterocycles. The van der Waals surface area contributed by atoms with Gasteiger partial charge in [0.2, 0.25) is 21.8 Å². The molecule has 1 aromatic carbocycles. The Balaban J connectivity index is 1.24. The number of hydrogen-bond donors (Lipinski definition) is 3. The van der Waals surface area contributed by atoms with Gasteiger partial charge < -0.3 is 25.0 Å². The normalized spacial score (nSPS) is 28.6. The minimum Gasteiger partial charge on any atom is -0.450 e. The second-order valence-electron chi connectivity index (χ2n) is 14.5. The summed E-state index contributed by atoms with van der Waals surface area (Å²) in [5.74, 6) is -2.62. The molecule has 3 fully saturated rings.